The van der Waals surface area contributed by atoms with E-state index in [1.54, 1.807) is 48.8 Å². The lowest BCUT2D eigenvalue weighted by atomic mass is 10.1. The number of sulfonamides is 1. The molecule has 1 fully saturated rings. The highest BCUT2D eigenvalue weighted by atomic mass is 35.5. The van der Waals surface area contributed by atoms with Gasteiger partial charge >= 0.3 is 6.09 Å². The number of rotatable bonds is 6. The molecule has 1 aliphatic rings. The Bertz CT molecular complexity index is 853. The molecule has 10 heteroatoms. The van der Waals surface area contributed by atoms with Crippen LogP contribution in [0.25, 0.3) is 0 Å². The molecule has 1 aromatic carbocycles. The smallest absolute Gasteiger partial charge is 0.409 e. The van der Waals surface area contributed by atoms with Crippen LogP contribution >= 0.6 is 11.6 Å². The summed E-state index contributed by atoms with van der Waals surface area (Å²) in [6.45, 7) is 6.90. The van der Waals surface area contributed by atoms with Gasteiger partial charge in [0.25, 0.3) is 0 Å². The molecule has 29 heavy (non-hydrogen) atoms. The number of carbonyl (C=O) groups excluding carboxylic acids is 2. The summed E-state index contributed by atoms with van der Waals surface area (Å²) >= 11 is 6.09. The molecule has 8 nitrogen and oxygen atoms in total. The Labute approximate surface area is 177 Å². The maximum atomic E-state index is 13.2. The molecule has 1 aromatic rings. The third-order valence-corrected chi connectivity index (χ3v) is 6.24. The number of piperazine rings is 1. The predicted molar refractivity (Wildman–Crippen MR) is 113 cm³/mol. The first kappa shape index (κ1) is 23.3. The van der Waals surface area contributed by atoms with E-state index < -0.39 is 22.2 Å². The Morgan fingerprint density at radius 1 is 1.17 bits per heavy atom. The minimum Gasteiger partial charge on any atom is -0.450 e. The fourth-order valence-electron chi connectivity index (χ4n) is 3.37. The zero-order valence-corrected chi connectivity index (χ0v) is 18.8. The van der Waals surface area contributed by atoms with Crippen LogP contribution in [0.3, 0.4) is 0 Å². The summed E-state index contributed by atoms with van der Waals surface area (Å²) in [4.78, 5) is 28.2. The average Bonchev–Trinajstić information content (AvgIpc) is 2.67. The predicted octanol–water partition coefficient (Wildman–Crippen LogP) is 2.49. The molecule has 0 unspecified atom stereocenters. The third kappa shape index (κ3) is 5.54. The second kappa shape index (κ2) is 9.67. The number of carbonyl (C=O) groups is 2. The van der Waals surface area contributed by atoms with E-state index in [-0.39, 0.29) is 12.5 Å². The number of hydrogen-bond acceptors (Lipinski definition) is 5. The van der Waals surface area contributed by atoms with Gasteiger partial charge in [0, 0.05) is 31.2 Å². The molecule has 1 atom stereocenters. The van der Waals surface area contributed by atoms with Crippen LogP contribution in [0.2, 0.25) is 5.02 Å². The van der Waals surface area contributed by atoms with Crippen molar-refractivity contribution in [3.63, 3.8) is 0 Å². The Hall–Kier alpha value is -2.00. The van der Waals surface area contributed by atoms with Crippen LogP contribution in [-0.4, -0.2) is 75.3 Å². The number of aryl methyl sites for hydroxylation is 1. The lowest BCUT2D eigenvalue weighted by Crippen LogP contribution is -2.56. The topological polar surface area (TPSA) is 87.2 Å². The summed E-state index contributed by atoms with van der Waals surface area (Å²) in [5.41, 5.74) is 1.10. The van der Waals surface area contributed by atoms with E-state index in [2.05, 4.69) is 0 Å². The van der Waals surface area contributed by atoms with E-state index in [0.717, 1.165) is 10.6 Å². The minimum atomic E-state index is -3.74. The van der Waals surface area contributed by atoms with Crippen molar-refractivity contribution in [2.45, 2.75) is 33.2 Å². The molecule has 0 radical (unpaired) electrons. The molecule has 0 saturated carbocycles. The number of nitrogens with zero attached hydrogens (tertiary/aromatic N) is 3. The Morgan fingerprint density at radius 2 is 1.76 bits per heavy atom. The van der Waals surface area contributed by atoms with E-state index >= 15 is 0 Å². The summed E-state index contributed by atoms with van der Waals surface area (Å²) in [6.07, 6.45) is 0.983. The summed E-state index contributed by atoms with van der Waals surface area (Å²) in [5.74, 6) is -0.291. The number of ether oxygens (including phenoxy) is 1. The van der Waals surface area contributed by atoms with E-state index in [0.29, 0.717) is 48.9 Å². The first-order chi connectivity index (χ1) is 13.6. The van der Waals surface area contributed by atoms with Crippen molar-refractivity contribution in [2.75, 3.05) is 43.3 Å². The van der Waals surface area contributed by atoms with Crippen LogP contribution in [0.15, 0.2) is 18.2 Å². The van der Waals surface area contributed by atoms with Gasteiger partial charge in [0.1, 0.15) is 6.04 Å². The lowest BCUT2D eigenvalue weighted by molar-refractivity contribution is -0.134. The summed E-state index contributed by atoms with van der Waals surface area (Å²) < 4.78 is 31.4. The minimum absolute atomic E-state index is 0.290. The standard InChI is InChI=1S/C19H28ClN3O5S/c1-5-16(18(24)21-9-11-22(12-10-21)19(25)28-6-2)23(29(4,26)27)17-13-15(20)8-7-14(17)3/h7-8,13,16H,5-6,9-12H2,1-4H3/t16-/m1/s1. The van der Waals surface area contributed by atoms with Gasteiger partial charge in [-0.05, 0) is 38.0 Å². The van der Waals surface area contributed by atoms with Crippen LogP contribution in [0.4, 0.5) is 10.5 Å². The van der Waals surface area contributed by atoms with Crippen molar-refractivity contribution < 1.29 is 22.7 Å². The highest BCUT2D eigenvalue weighted by molar-refractivity contribution is 7.92. The van der Waals surface area contributed by atoms with Gasteiger partial charge in [0.15, 0.2) is 0 Å². The van der Waals surface area contributed by atoms with Gasteiger partial charge in [-0.1, -0.05) is 24.6 Å². The van der Waals surface area contributed by atoms with Crippen LogP contribution in [0.1, 0.15) is 25.8 Å². The van der Waals surface area contributed by atoms with Crippen molar-refractivity contribution in [2.24, 2.45) is 0 Å². The Morgan fingerprint density at radius 3 is 2.28 bits per heavy atom. The van der Waals surface area contributed by atoms with Gasteiger partial charge in [-0.15, -0.1) is 0 Å². The van der Waals surface area contributed by atoms with Gasteiger partial charge in [-0.25, -0.2) is 13.2 Å². The molecule has 2 rings (SSSR count). The zero-order chi connectivity index (χ0) is 21.8. The largest absolute Gasteiger partial charge is 0.450 e. The maximum absolute atomic E-state index is 13.2. The Kier molecular flexibility index (Phi) is 7.76. The molecule has 0 aromatic heterocycles. The molecule has 162 valence electrons. The molecule has 1 aliphatic heterocycles. The van der Waals surface area contributed by atoms with E-state index in [1.165, 1.54) is 0 Å². The first-order valence-corrected chi connectivity index (χ1v) is 11.8. The third-order valence-electron chi connectivity index (χ3n) is 4.84. The molecule has 1 heterocycles. The second-order valence-corrected chi connectivity index (χ2v) is 9.22. The summed E-state index contributed by atoms with van der Waals surface area (Å²) in [7, 11) is -3.74. The highest BCUT2D eigenvalue weighted by Gasteiger charge is 2.36. The number of hydrogen-bond donors (Lipinski definition) is 0. The summed E-state index contributed by atoms with van der Waals surface area (Å²) in [6, 6.07) is 4.08. The number of benzene rings is 1. The van der Waals surface area contributed by atoms with Crippen molar-refractivity contribution in [1.82, 2.24) is 9.80 Å². The number of amides is 2. The van der Waals surface area contributed by atoms with Crippen molar-refractivity contribution in [1.29, 1.82) is 0 Å². The molecule has 2 amide bonds. The summed E-state index contributed by atoms with van der Waals surface area (Å²) in [5, 5.41) is 0.393. The maximum Gasteiger partial charge on any atom is 0.409 e. The fourth-order valence-corrected chi connectivity index (χ4v) is 4.80. The van der Waals surface area contributed by atoms with Gasteiger partial charge in [0.2, 0.25) is 15.9 Å². The lowest BCUT2D eigenvalue weighted by Gasteiger charge is -2.38. The van der Waals surface area contributed by atoms with Crippen molar-refractivity contribution in [3.8, 4) is 0 Å². The molecular formula is C19H28ClN3O5S. The van der Waals surface area contributed by atoms with Gasteiger partial charge in [0.05, 0.1) is 18.6 Å². The fraction of sp³-hybridized carbons (Fsp3) is 0.579. The normalized spacial score (nSPS) is 15.8. The van der Waals surface area contributed by atoms with Gasteiger partial charge < -0.3 is 14.5 Å². The molecular weight excluding hydrogens is 418 g/mol. The van der Waals surface area contributed by atoms with E-state index in [9.17, 15) is 18.0 Å². The van der Waals surface area contributed by atoms with Crippen LogP contribution < -0.4 is 4.31 Å². The first-order valence-electron chi connectivity index (χ1n) is 9.56. The van der Waals surface area contributed by atoms with E-state index in [1.807, 2.05) is 0 Å². The highest BCUT2D eigenvalue weighted by Crippen LogP contribution is 2.30. The monoisotopic (exact) mass is 445 g/mol. The quantitative estimate of drug-likeness (QED) is 0.671. The SMILES string of the molecule is CCOC(=O)N1CCN(C(=O)[C@@H](CC)N(c2cc(Cl)ccc2C)S(C)(=O)=O)CC1. The molecule has 0 N–H and O–H groups in total. The molecule has 0 bridgehead atoms. The number of halogens is 1. The molecule has 0 aliphatic carbocycles. The van der Waals surface area contributed by atoms with Crippen LogP contribution in [-0.2, 0) is 19.6 Å². The Balaban J connectivity index is 2.26. The van der Waals surface area contributed by atoms with E-state index in [4.69, 9.17) is 16.3 Å². The number of anilines is 1. The second-order valence-electron chi connectivity index (χ2n) is 6.92. The molecule has 1 saturated heterocycles. The average molecular weight is 446 g/mol. The van der Waals surface area contributed by atoms with Gasteiger partial charge in [-0.2, -0.15) is 0 Å². The van der Waals surface area contributed by atoms with Crippen LogP contribution in [0.5, 0.6) is 0 Å². The van der Waals surface area contributed by atoms with Crippen LogP contribution in [0, 0.1) is 6.92 Å². The van der Waals surface area contributed by atoms with Gasteiger partial charge in [-0.3, -0.25) is 9.10 Å². The van der Waals surface area contributed by atoms with Crippen molar-refractivity contribution >= 4 is 39.3 Å². The molecule has 0 spiro atoms. The zero-order valence-electron chi connectivity index (χ0n) is 17.2. The van der Waals surface area contributed by atoms with Crippen molar-refractivity contribution in [3.05, 3.63) is 28.8 Å².